The van der Waals surface area contributed by atoms with E-state index in [2.05, 4.69) is 10.6 Å². The quantitative estimate of drug-likeness (QED) is 0.889. The molecule has 2 unspecified atom stereocenters. The number of thioether (sulfide) groups is 1. The second kappa shape index (κ2) is 7.38. The van der Waals surface area contributed by atoms with Crippen LogP contribution in [0.5, 0.6) is 0 Å². The first-order chi connectivity index (χ1) is 9.38. The number of nitrogens with one attached hydrogen (secondary N) is 2. The first-order valence-corrected chi connectivity index (χ1v) is 7.32. The Morgan fingerprint density at radius 3 is 2.48 bits per heavy atom. The molecule has 1 aliphatic rings. The van der Waals surface area contributed by atoms with Gasteiger partial charge in [-0.15, -0.1) is 24.2 Å². The van der Waals surface area contributed by atoms with Gasteiger partial charge in [-0.25, -0.2) is 0 Å². The van der Waals surface area contributed by atoms with Crippen molar-refractivity contribution in [1.82, 2.24) is 10.6 Å². The van der Waals surface area contributed by atoms with E-state index < -0.39 is 11.7 Å². The van der Waals surface area contributed by atoms with E-state index in [1.54, 1.807) is 18.7 Å². The molecule has 0 radical (unpaired) electrons. The summed E-state index contributed by atoms with van der Waals surface area (Å²) < 4.78 is 37.4. The number of benzene rings is 1. The average molecular weight is 341 g/mol. The lowest BCUT2D eigenvalue weighted by Gasteiger charge is -2.18. The Morgan fingerprint density at radius 2 is 2.00 bits per heavy atom. The van der Waals surface area contributed by atoms with Crippen LogP contribution in [0.25, 0.3) is 0 Å². The number of hydrogen-bond acceptors (Lipinski definition) is 3. The van der Waals surface area contributed by atoms with Gasteiger partial charge in [0.2, 0.25) is 5.91 Å². The SMILES string of the molecule is CC(NC(=O)C1CSCN1)c1ccc(C(F)(F)F)cc1.Cl. The number of amides is 1. The molecule has 3 nitrogen and oxygen atoms in total. The minimum absolute atomic E-state index is 0. The Hall–Kier alpha value is -0.920. The Labute approximate surface area is 131 Å². The molecule has 0 bridgehead atoms. The highest BCUT2D eigenvalue weighted by Crippen LogP contribution is 2.29. The lowest BCUT2D eigenvalue weighted by molar-refractivity contribution is -0.137. The average Bonchev–Trinajstić information content (AvgIpc) is 2.91. The van der Waals surface area contributed by atoms with Gasteiger partial charge in [0.25, 0.3) is 0 Å². The number of rotatable bonds is 3. The molecule has 2 rings (SSSR count). The van der Waals surface area contributed by atoms with E-state index in [-0.39, 0.29) is 30.4 Å². The summed E-state index contributed by atoms with van der Waals surface area (Å²) in [7, 11) is 0. The van der Waals surface area contributed by atoms with E-state index in [1.165, 1.54) is 12.1 Å². The van der Waals surface area contributed by atoms with Crippen molar-refractivity contribution >= 4 is 30.1 Å². The standard InChI is InChI=1S/C13H15F3N2OS.ClH/c1-8(18-12(19)11-6-20-7-17-11)9-2-4-10(5-3-9)13(14,15)16;/h2-5,8,11,17H,6-7H2,1H3,(H,18,19);1H. The van der Waals surface area contributed by atoms with Gasteiger partial charge in [0.05, 0.1) is 17.6 Å². The maximum atomic E-state index is 12.5. The van der Waals surface area contributed by atoms with Gasteiger partial charge < -0.3 is 5.32 Å². The fourth-order valence-electron chi connectivity index (χ4n) is 1.92. The summed E-state index contributed by atoms with van der Waals surface area (Å²) in [6.45, 7) is 1.75. The van der Waals surface area contributed by atoms with E-state index in [0.717, 1.165) is 18.0 Å². The van der Waals surface area contributed by atoms with Crippen molar-refractivity contribution in [3.8, 4) is 0 Å². The summed E-state index contributed by atoms with van der Waals surface area (Å²) in [5.41, 5.74) is -0.0364. The largest absolute Gasteiger partial charge is 0.416 e. The monoisotopic (exact) mass is 340 g/mol. The molecular weight excluding hydrogens is 325 g/mol. The summed E-state index contributed by atoms with van der Waals surface area (Å²) in [5.74, 6) is 1.33. The molecule has 1 heterocycles. The van der Waals surface area contributed by atoms with Crippen LogP contribution in [0.2, 0.25) is 0 Å². The van der Waals surface area contributed by atoms with Crippen molar-refractivity contribution in [2.75, 3.05) is 11.6 Å². The van der Waals surface area contributed by atoms with Crippen LogP contribution in [-0.2, 0) is 11.0 Å². The third-order valence-corrected chi connectivity index (χ3v) is 4.07. The van der Waals surface area contributed by atoms with E-state index in [9.17, 15) is 18.0 Å². The van der Waals surface area contributed by atoms with Gasteiger partial charge in [0.15, 0.2) is 0 Å². The molecule has 1 aromatic rings. The summed E-state index contributed by atoms with van der Waals surface area (Å²) >= 11 is 1.64. The van der Waals surface area contributed by atoms with Crippen LogP contribution in [0, 0.1) is 0 Å². The van der Waals surface area contributed by atoms with Crippen LogP contribution in [0.4, 0.5) is 13.2 Å². The van der Waals surface area contributed by atoms with E-state index in [1.807, 2.05) is 0 Å². The maximum absolute atomic E-state index is 12.5. The van der Waals surface area contributed by atoms with Gasteiger partial charge in [0, 0.05) is 11.6 Å². The normalized spacial score (nSPS) is 19.7. The molecule has 1 aliphatic heterocycles. The van der Waals surface area contributed by atoms with Gasteiger partial charge in [-0.2, -0.15) is 13.2 Å². The number of carbonyl (C=O) groups is 1. The molecule has 1 fully saturated rings. The smallest absolute Gasteiger partial charge is 0.348 e. The van der Waals surface area contributed by atoms with Crippen LogP contribution in [0.15, 0.2) is 24.3 Å². The number of carbonyl (C=O) groups excluding carboxylic acids is 1. The zero-order chi connectivity index (χ0) is 14.8. The molecule has 1 saturated heterocycles. The topological polar surface area (TPSA) is 41.1 Å². The Balaban J connectivity index is 0.00000220. The zero-order valence-corrected chi connectivity index (χ0v) is 12.9. The number of halogens is 4. The fraction of sp³-hybridized carbons (Fsp3) is 0.462. The molecule has 0 saturated carbocycles. The number of alkyl halides is 3. The zero-order valence-electron chi connectivity index (χ0n) is 11.2. The predicted molar refractivity (Wildman–Crippen MR) is 79.5 cm³/mol. The first-order valence-electron chi connectivity index (χ1n) is 6.16. The van der Waals surface area contributed by atoms with Crippen LogP contribution in [0.3, 0.4) is 0 Å². The second-order valence-corrected chi connectivity index (χ2v) is 5.65. The van der Waals surface area contributed by atoms with Crippen molar-refractivity contribution in [3.05, 3.63) is 35.4 Å². The number of hydrogen-bond donors (Lipinski definition) is 2. The molecule has 0 spiro atoms. The molecule has 1 aromatic carbocycles. The van der Waals surface area contributed by atoms with Gasteiger partial charge >= 0.3 is 6.18 Å². The molecule has 2 atom stereocenters. The van der Waals surface area contributed by atoms with Crippen LogP contribution in [0.1, 0.15) is 24.1 Å². The first kappa shape index (κ1) is 18.1. The van der Waals surface area contributed by atoms with E-state index in [0.29, 0.717) is 11.3 Å². The Kier molecular flexibility index (Phi) is 6.37. The van der Waals surface area contributed by atoms with Crippen LogP contribution < -0.4 is 10.6 Å². The van der Waals surface area contributed by atoms with Crippen molar-refractivity contribution < 1.29 is 18.0 Å². The summed E-state index contributed by atoms with van der Waals surface area (Å²) in [5, 5.41) is 5.84. The van der Waals surface area contributed by atoms with Gasteiger partial charge in [-0.1, -0.05) is 12.1 Å². The molecule has 2 N–H and O–H groups in total. The molecule has 8 heteroatoms. The Bertz CT molecular complexity index is 475. The Morgan fingerprint density at radius 1 is 1.38 bits per heavy atom. The third kappa shape index (κ3) is 4.79. The molecular formula is C13H16ClF3N2OS. The third-order valence-electron chi connectivity index (χ3n) is 3.13. The second-order valence-electron chi connectivity index (χ2n) is 4.62. The van der Waals surface area contributed by atoms with Crippen molar-refractivity contribution in [2.24, 2.45) is 0 Å². The minimum Gasteiger partial charge on any atom is -0.348 e. The maximum Gasteiger partial charge on any atom is 0.416 e. The lowest BCUT2D eigenvalue weighted by atomic mass is 10.1. The van der Waals surface area contributed by atoms with E-state index >= 15 is 0 Å². The highest BCUT2D eigenvalue weighted by molar-refractivity contribution is 7.99. The van der Waals surface area contributed by atoms with E-state index in [4.69, 9.17) is 0 Å². The molecule has 0 aromatic heterocycles. The fourth-order valence-corrected chi connectivity index (χ4v) is 2.86. The predicted octanol–water partition coefficient (Wildman–Crippen LogP) is 2.97. The van der Waals surface area contributed by atoms with Crippen molar-refractivity contribution in [2.45, 2.75) is 25.2 Å². The molecule has 1 amide bonds. The van der Waals surface area contributed by atoms with Gasteiger partial charge in [-0.3, -0.25) is 10.1 Å². The van der Waals surface area contributed by atoms with Crippen molar-refractivity contribution in [1.29, 1.82) is 0 Å². The summed E-state index contributed by atoms with van der Waals surface area (Å²) in [4.78, 5) is 11.9. The molecule has 0 aliphatic carbocycles. The van der Waals surface area contributed by atoms with Crippen LogP contribution in [-0.4, -0.2) is 23.6 Å². The minimum atomic E-state index is -4.34. The van der Waals surface area contributed by atoms with Gasteiger partial charge in [-0.05, 0) is 24.6 Å². The lowest BCUT2D eigenvalue weighted by Crippen LogP contribution is -2.42. The van der Waals surface area contributed by atoms with Crippen molar-refractivity contribution in [3.63, 3.8) is 0 Å². The summed E-state index contributed by atoms with van der Waals surface area (Å²) in [6, 6.07) is 4.30. The highest BCUT2D eigenvalue weighted by Gasteiger charge is 2.30. The summed E-state index contributed by atoms with van der Waals surface area (Å²) in [6.07, 6.45) is -4.34. The molecule has 21 heavy (non-hydrogen) atoms. The van der Waals surface area contributed by atoms with Crippen LogP contribution >= 0.6 is 24.2 Å². The highest BCUT2D eigenvalue weighted by atomic mass is 35.5. The molecule has 118 valence electrons. The van der Waals surface area contributed by atoms with Gasteiger partial charge in [0.1, 0.15) is 0 Å².